The van der Waals surface area contributed by atoms with Crippen LogP contribution in [0.1, 0.15) is 39.0 Å². The quantitative estimate of drug-likeness (QED) is 0.798. The van der Waals surface area contributed by atoms with E-state index >= 15 is 0 Å². The lowest BCUT2D eigenvalue weighted by molar-refractivity contribution is -0.141. The predicted octanol–water partition coefficient (Wildman–Crippen LogP) is 3.84. The number of rotatable bonds is 4. The van der Waals surface area contributed by atoms with Crippen LogP contribution in [0.25, 0.3) is 0 Å². The number of amides is 2. The molecular weight excluding hydrogens is 384 g/mol. The van der Waals surface area contributed by atoms with Gasteiger partial charge in [-0.1, -0.05) is 23.3 Å². The number of aliphatic carboxylic acids is 1. The van der Waals surface area contributed by atoms with E-state index in [1.807, 2.05) is 52.0 Å². The molecular formula is C23H26N2O5. The second-order valence-electron chi connectivity index (χ2n) is 7.95. The minimum Gasteiger partial charge on any atom is -0.480 e. The number of benzene rings is 2. The Morgan fingerprint density at radius 3 is 2.00 bits per heavy atom. The lowest BCUT2D eigenvalue weighted by Gasteiger charge is -2.21. The van der Waals surface area contributed by atoms with Gasteiger partial charge in [-0.25, -0.2) is 9.59 Å². The lowest BCUT2D eigenvalue weighted by atomic mass is 10.1. The Labute approximate surface area is 175 Å². The van der Waals surface area contributed by atoms with Crippen LogP contribution in [0.4, 0.5) is 10.5 Å². The summed E-state index contributed by atoms with van der Waals surface area (Å²) in [5.41, 5.74) is 4.88. The summed E-state index contributed by atoms with van der Waals surface area (Å²) in [6.45, 7) is 7.64. The Hall–Kier alpha value is -3.35. The van der Waals surface area contributed by atoms with E-state index in [1.54, 1.807) is 12.1 Å². The van der Waals surface area contributed by atoms with Crippen LogP contribution >= 0.6 is 0 Å². The highest BCUT2D eigenvalue weighted by atomic mass is 16.6. The zero-order valence-corrected chi connectivity index (χ0v) is 17.6. The standard InChI is InChI=1S/C23H26N2O5/c1-13-5-14(2)8-17(7-13)21(26)25-12-19(11-20(25)22(27)28)30-23(29)24-18-9-15(3)6-16(4)10-18/h5-10,19-20H,11-12H2,1-4H3,(H,24,29)(H,27,28)/t19-,20+/m1/s1. The van der Waals surface area contributed by atoms with Gasteiger partial charge in [-0.15, -0.1) is 0 Å². The molecule has 1 aliphatic heterocycles. The van der Waals surface area contributed by atoms with Crippen molar-refractivity contribution >= 4 is 23.7 Å². The van der Waals surface area contributed by atoms with Gasteiger partial charge < -0.3 is 14.7 Å². The van der Waals surface area contributed by atoms with Crippen LogP contribution < -0.4 is 5.32 Å². The van der Waals surface area contributed by atoms with Gasteiger partial charge in [-0.3, -0.25) is 10.1 Å². The van der Waals surface area contributed by atoms with E-state index in [1.165, 1.54) is 4.90 Å². The summed E-state index contributed by atoms with van der Waals surface area (Å²) in [4.78, 5) is 38.3. The van der Waals surface area contributed by atoms with Gasteiger partial charge in [0.05, 0.1) is 6.54 Å². The highest BCUT2D eigenvalue weighted by Gasteiger charge is 2.41. The van der Waals surface area contributed by atoms with E-state index in [0.29, 0.717) is 11.3 Å². The molecule has 0 aliphatic carbocycles. The Morgan fingerprint density at radius 2 is 1.47 bits per heavy atom. The van der Waals surface area contributed by atoms with Crippen LogP contribution in [-0.2, 0) is 9.53 Å². The van der Waals surface area contributed by atoms with Crippen molar-refractivity contribution in [2.45, 2.75) is 46.3 Å². The third kappa shape index (κ3) is 4.97. The van der Waals surface area contributed by atoms with Crippen molar-refractivity contribution in [3.63, 3.8) is 0 Å². The number of carboxylic acids is 1. The van der Waals surface area contributed by atoms with E-state index in [0.717, 1.165) is 22.3 Å². The Kier molecular flexibility index (Phi) is 6.10. The molecule has 30 heavy (non-hydrogen) atoms. The van der Waals surface area contributed by atoms with Gasteiger partial charge >= 0.3 is 12.1 Å². The van der Waals surface area contributed by atoms with E-state index in [4.69, 9.17) is 4.74 Å². The number of nitrogens with one attached hydrogen (secondary N) is 1. The summed E-state index contributed by atoms with van der Waals surface area (Å²) >= 11 is 0. The number of anilines is 1. The zero-order chi connectivity index (χ0) is 22.0. The summed E-state index contributed by atoms with van der Waals surface area (Å²) in [7, 11) is 0. The SMILES string of the molecule is Cc1cc(C)cc(NC(=O)O[C@@H]2C[C@@H](C(=O)O)N(C(=O)c3cc(C)cc(C)c3)C2)c1. The lowest BCUT2D eigenvalue weighted by Crippen LogP contribution is -2.40. The second-order valence-corrected chi connectivity index (χ2v) is 7.95. The molecule has 0 spiro atoms. The van der Waals surface area contributed by atoms with Crippen LogP contribution in [0.15, 0.2) is 36.4 Å². The van der Waals surface area contributed by atoms with Crippen molar-refractivity contribution in [1.29, 1.82) is 0 Å². The molecule has 1 aliphatic rings. The fraction of sp³-hybridized carbons (Fsp3) is 0.348. The number of likely N-dealkylation sites (tertiary alicyclic amines) is 1. The number of hydrogen-bond donors (Lipinski definition) is 2. The first-order valence-electron chi connectivity index (χ1n) is 9.80. The van der Waals surface area contributed by atoms with Crippen molar-refractivity contribution in [3.05, 3.63) is 64.2 Å². The molecule has 2 aromatic carbocycles. The Balaban J connectivity index is 1.71. The number of carbonyl (C=O) groups is 3. The van der Waals surface area contributed by atoms with E-state index in [9.17, 15) is 19.5 Å². The van der Waals surface area contributed by atoms with Crippen LogP contribution in [-0.4, -0.2) is 46.7 Å². The molecule has 0 aromatic heterocycles. The first-order valence-corrected chi connectivity index (χ1v) is 9.80. The van der Waals surface area contributed by atoms with Gasteiger partial charge in [0, 0.05) is 17.7 Å². The number of aryl methyl sites for hydroxylation is 4. The minimum atomic E-state index is -1.12. The minimum absolute atomic E-state index is 0.0308. The third-order valence-electron chi connectivity index (χ3n) is 5.02. The van der Waals surface area contributed by atoms with E-state index in [-0.39, 0.29) is 18.9 Å². The predicted molar refractivity (Wildman–Crippen MR) is 113 cm³/mol. The molecule has 1 heterocycles. The average molecular weight is 410 g/mol. The molecule has 3 rings (SSSR count). The van der Waals surface area contributed by atoms with E-state index < -0.39 is 24.2 Å². The van der Waals surface area contributed by atoms with Gasteiger partial charge in [-0.2, -0.15) is 0 Å². The summed E-state index contributed by atoms with van der Waals surface area (Å²) < 4.78 is 5.43. The normalized spacial score (nSPS) is 18.2. The average Bonchev–Trinajstić information content (AvgIpc) is 3.03. The van der Waals surface area contributed by atoms with Gasteiger partial charge in [0.2, 0.25) is 0 Å². The number of carbonyl (C=O) groups excluding carboxylic acids is 2. The summed E-state index contributed by atoms with van der Waals surface area (Å²) in [6, 6.07) is 9.99. The molecule has 1 fully saturated rings. The van der Waals surface area contributed by atoms with Crippen LogP contribution in [0, 0.1) is 27.7 Å². The molecule has 7 heteroatoms. The third-order valence-corrected chi connectivity index (χ3v) is 5.02. The molecule has 158 valence electrons. The number of nitrogens with zero attached hydrogens (tertiary/aromatic N) is 1. The molecule has 2 atom stereocenters. The molecule has 1 saturated heterocycles. The second kappa shape index (κ2) is 8.57. The maximum Gasteiger partial charge on any atom is 0.411 e. The van der Waals surface area contributed by atoms with Crippen LogP contribution in [0.2, 0.25) is 0 Å². The number of ether oxygens (including phenoxy) is 1. The first-order chi connectivity index (χ1) is 14.1. The van der Waals surface area contributed by atoms with Gasteiger partial charge in [-0.05, 0) is 63.1 Å². The smallest absolute Gasteiger partial charge is 0.411 e. The summed E-state index contributed by atoms with van der Waals surface area (Å²) in [5.74, 6) is -1.50. The first kappa shape index (κ1) is 21.4. The zero-order valence-electron chi connectivity index (χ0n) is 17.6. The van der Waals surface area contributed by atoms with E-state index in [2.05, 4.69) is 5.32 Å². The molecule has 0 unspecified atom stereocenters. The summed E-state index contributed by atoms with van der Waals surface area (Å²) in [6.07, 6.45) is -1.33. The molecule has 2 aromatic rings. The van der Waals surface area contributed by atoms with Crippen molar-refractivity contribution < 1.29 is 24.2 Å². The maximum atomic E-state index is 13.0. The van der Waals surface area contributed by atoms with Crippen molar-refractivity contribution in [1.82, 2.24) is 4.90 Å². The van der Waals surface area contributed by atoms with Gasteiger partial charge in [0.1, 0.15) is 12.1 Å². The fourth-order valence-corrected chi connectivity index (χ4v) is 3.95. The summed E-state index contributed by atoms with van der Waals surface area (Å²) in [5, 5.41) is 12.3. The van der Waals surface area contributed by atoms with Crippen molar-refractivity contribution in [2.24, 2.45) is 0 Å². The topological polar surface area (TPSA) is 95.9 Å². The van der Waals surface area contributed by atoms with Crippen molar-refractivity contribution in [3.8, 4) is 0 Å². The molecule has 0 saturated carbocycles. The van der Waals surface area contributed by atoms with Gasteiger partial charge in [0.15, 0.2) is 0 Å². The largest absolute Gasteiger partial charge is 0.480 e. The number of hydrogen-bond acceptors (Lipinski definition) is 4. The maximum absolute atomic E-state index is 13.0. The molecule has 2 N–H and O–H groups in total. The highest BCUT2D eigenvalue weighted by molar-refractivity contribution is 5.97. The molecule has 2 amide bonds. The van der Waals surface area contributed by atoms with Gasteiger partial charge in [0.25, 0.3) is 5.91 Å². The fourth-order valence-electron chi connectivity index (χ4n) is 3.95. The molecule has 7 nitrogen and oxygen atoms in total. The Morgan fingerprint density at radius 1 is 0.933 bits per heavy atom. The molecule has 0 bridgehead atoms. The van der Waals surface area contributed by atoms with Crippen LogP contribution in [0.5, 0.6) is 0 Å². The highest BCUT2D eigenvalue weighted by Crippen LogP contribution is 2.25. The monoisotopic (exact) mass is 410 g/mol. The van der Waals surface area contributed by atoms with Crippen molar-refractivity contribution in [2.75, 3.05) is 11.9 Å². The Bertz CT molecular complexity index is 961. The molecule has 0 radical (unpaired) electrons. The number of carboxylic acid groups (broad SMARTS) is 1. The van der Waals surface area contributed by atoms with Crippen LogP contribution in [0.3, 0.4) is 0 Å².